The molecule has 0 saturated carbocycles. The van der Waals surface area contributed by atoms with E-state index in [2.05, 4.69) is 27.7 Å². The smallest absolute Gasteiger partial charge is 0.744 e. The van der Waals surface area contributed by atoms with Crippen LogP contribution in [0.4, 0.5) is 0 Å². The van der Waals surface area contributed by atoms with Crippen LogP contribution in [0.5, 0.6) is 0 Å². The van der Waals surface area contributed by atoms with Crippen LogP contribution < -0.4 is 0 Å². The molecule has 0 radical (unpaired) electrons. The van der Waals surface area contributed by atoms with Gasteiger partial charge >= 0.3 is 1.43 Å². The lowest BCUT2D eigenvalue weighted by Crippen LogP contribution is -2.50. The number of hydrogen-bond donors (Lipinski definition) is 0. The fourth-order valence-corrected chi connectivity index (χ4v) is 5.24. The third-order valence-electron chi connectivity index (χ3n) is 5.33. The summed E-state index contributed by atoms with van der Waals surface area (Å²) < 4.78 is 64.7. The minimum atomic E-state index is -4.95. The van der Waals surface area contributed by atoms with Crippen molar-refractivity contribution in [3.05, 3.63) is 24.3 Å². The van der Waals surface area contributed by atoms with Crippen molar-refractivity contribution in [2.45, 2.75) is 88.9 Å². The molecule has 0 amide bonds. The molecule has 1 aromatic carbocycles. The molecule has 0 atom stereocenters. The molecule has 1 rings (SSSR count). The van der Waals surface area contributed by atoms with E-state index in [1.165, 1.54) is 82.0 Å². The molecule has 9 heteroatoms. The zero-order valence-electron chi connectivity index (χ0n) is 20.5. The molecule has 0 aliphatic rings. The Hall–Kier alpha value is -1.00. The minimum Gasteiger partial charge on any atom is -0.744 e. The predicted octanol–water partition coefficient (Wildman–Crippen LogP) is 4.61. The predicted molar refractivity (Wildman–Crippen MR) is 123 cm³/mol. The Balaban J connectivity index is 0. The Labute approximate surface area is 191 Å². The van der Waals surface area contributed by atoms with E-state index in [1.54, 1.807) is 0 Å². The highest BCUT2D eigenvalue weighted by Gasteiger charge is 2.24. The quantitative estimate of drug-likeness (QED) is 0.284. The summed E-state index contributed by atoms with van der Waals surface area (Å²) in [5, 5.41) is 0. The lowest BCUT2D eigenvalue weighted by atomic mass is 10.1. The van der Waals surface area contributed by atoms with Gasteiger partial charge in [-0.15, -0.1) is 0 Å². The molecule has 182 valence electrons. The van der Waals surface area contributed by atoms with Gasteiger partial charge in [-0.1, -0.05) is 65.5 Å². The molecule has 0 saturated heterocycles. The van der Waals surface area contributed by atoms with Crippen molar-refractivity contribution in [3.63, 3.8) is 0 Å². The van der Waals surface area contributed by atoms with Crippen LogP contribution in [-0.2, 0) is 20.2 Å². The summed E-state index contributed by atoms with van der Waals surface area (Å²) in [6.07, 6.45) is 11.1. The molecule has 7 nitrogen and oxygen atoms in total. The number of nitrogens with zero attached hydrogens (tertiary/aromatic N) is 1. The molecule has 0 aromatic heterocycles. The summed E-state index contributed by atoms with van der Waals surface area (Å²) in [6.45, 7) is 15.0. The summed E-state index contributed by atoms with van der Waals surface area (Å²) in [7, 11) is -9.89. The van der Waals surface area contributed by atoms with E-state index in [0.717, 1.165) is 24.3 Å². The SMILES string of the molecule is CCCC[N+](CCCC)(CCCC)CCCC.O=S(=O)([O-])c1ccccc1S(=O)(=O)[O-].[H+]. The largest absolute Gasteiger partial charge is 1.00 e. The van der Waals surface area contributed by atoms with Crippen LogP contribution >= 0.6 is 0 Å². The highest BCUT2D eigenvalue weighted by atomic mass is 32.2. The molecule has 0 spiro atoms. The fraction of sp³-hybridized carbons (Fsp3) is 0.727. The second-order valence-corrected chi connectivity index (χ2v) is 10.7. The van der Waals surface area contributed by atoms with Crippen molar-refractivity contribution in [3.8, 4) is 0 Å². The van der Waals surface area contributed by atoms with Gasteiger partial charge in [-0.25, -0.2) is 16.8 Å². The summed E-state index contributed by atoms with van der Waals surface area (Å²) in [4.78, 5) is -2.04. The van der Waals surface area contributed by atoms with Crippen molar-refractivity contribution in [2.24, 2.45) is 0 Å². The summed E-state index contributed by atoms with van der Waals surface area (Å²) in [6, 6.07) is 3.85. The van der Waals surface area contributed by atoms with Gasteiger partial charge in [0.25, 0.3) is 0 Å². The number of unbranched alkanes of at least 4 members (excludes halogenated alkanes) is 4. The third-order valence-corrected chi connectivity index (χ3v) is 7.25. The maximum Gasteiger partial charge on any atom is 1.00 e. The second-order valence-electron chi connectivity index (χ2n) is 8.01. The Morgan fingerprint density at radius 2 is 0.903 bits per heavy atom. The molecular weight excluding hydrogens is 438 g/mol. The van der Waals surface area contributed by atoms with Crippen LogP contribution in [0, 0.1) is 0 Å². The number of benzene rings is 1. The van der Waals surface area contributed by atoms with Crippen LogP contribution in [0.1, 0.15) is 80.5 Å². The first-order valence-corrected chi connectivity index (χ1v) is 14.1. The van der Waals surface area contributed by atoms with E-state index >= 15 is 0 Å². The summed E-state index contributed by atoms with van der Waals surface area (Å²) >= 11 is 0. The van der Waals surface area contributed by atoms with E-state index in [9.17, 15) is 25.9 Å². The monoisotopic (exact) mass is 479 g/mol. The zero-order chi connectivity index (χ0) is 24.0. The molecule has 0 bridgehead atoms. The Kier molecular flexibility index (Phi) is 14.5. The van der Waals surface area contributed by atoms with E-state index in [-0.39, 0.29) is 1.43 Å². The van der Waals surface area contributed by atoms with Gasteiger partial charge in [-0.05, 0) is 37.8 Å². The average Bonchev–Trinajstić information content (AvgIpc) is 2.72. The second kappa shape index (κ2) is 14.9. The molecule has 0 heterocycles. The van der Waals surface area contributed by atoms with Crippen LogP contribution in [-0.4, -0.2) is 56.6 Å². The van der Waals surface area contributed by atoms with Gasteiger partial charge < -0.3 is 13.6 Å². The van der Waals surface area contributed by atoms with Crippen LogP contribution in [0.25, 0.3) is 0 Å². The third kappa shape index (κ3) is 12.0. The lowest BCUT2D eigenvalue weighted by Gasteiger charge is -2.39. The molecule has 0 aliphatic carbocycles. The normalized spacial score (nSPS) is 12.3. The topological polar surface area (TPSA) is 114 Å². The maximum absolute atomic E-state index is 10.5. The molecule has 0 aliphatic heterocycles. The van der Waals surface area contributed by atoms with Crippen molar-refractivity contribution < 1.29 is 31.9 Å². The highest BCUT2D eigenvalue weighted by Crippen LogP contribution is 2.19. The number of rotatable bonds is 14. The van der Waals surface area contributed by atoms with Crippen LogP contribution in [0.3, 0.4) is 0 Å². The van der Waals surface area contributed by atoms with Crippen LogP contribution in [0.2, 0.25) is 0 Å². The van der Waals surface area contributed by atoms with Crippen molar-refractivity contribution in [2.75, 3.05) is 26.2 Å². The molecule has 0 fully saturated rings. The summed E-state index contributed by atoms with van der Waals surface area (Å²) in [5.74, 6) is 0. The molecule has 1 aromatic rings. The van der Waals surface area contributed by atoms with Crippen molar-refractivity contribution in [1.29, 1.82) is 0 Å². The maximum atomic E-state index is 10.5. The van der Waals surface area contributed by atoms with Gasteiger partial charge in [-0.2, -0.15) is 0 Å². The van der Waals surface area contributed by atoms with E-state index in [0.29, 0.717) is 0 Å². The highest BCUT2D eigenvalue weighted by molar-refractivity contribution is 7.89. The first-order valence-electron chi connectivity index (χ1n) is 11.3. The molecular formula is C22H41NO6S2. The van der Waals surface area contributed by atoms with E-state index in [1.807, 2.05) is 0 Å². The number of quaternary nitrogens is 1. The first kappa shape index (κ1) is 30.0. The Bertz CT molecular complexity index is 740. The van der Waals surface area contributed by atoms with Crippen molar-refractivity contribution in [1.82, 2.24) is 0 Å². The minimum absolute atomic E-state index is 0. The molecule has 31 heavy (non-hydrogen) atoms. The Morgan fingerprint density at radius 3 is 1.10 bits per heavy atom. The van der Waals surface area contributed by atoms with Gasteiger partial charge in [0.1, 0.15) is 20.2 Å². The summed E-state index contributed by atoms with van der Waals surface area (Å²) in [5.41, 5.74) is 0. The van der Waals surface area contributed by atoms with Gasteiger partial charge in [0.2, 0.25) is 0 Å². The van der Waals surface area contributed by atoms with Crippen LogP contribution in [0.15, 0.2) is 34.1 Å². The standard InChI is InChI=1S/C16H36N.C6H6O6S2/c1-5-9-13-17(14-10-6-2,15-11-7-3)16-12-8-4;7-13(8,9)5-3-1-2-4-6(5)14(10,11)12/h5-16H2,1-4H3;1-4H,(H,7,8,9)(H,10,11,12)/q+1;/p-1. The van der Waals surface area contributed by atoms with Gasteiger partial charge in [0.05, 0.1) is 36.0 Å². The van der Waals surface area contributed by atoms with E-state index < -0.39 is 30.0 Å². The first-order chi connectivity index (χ1) is 14.5. The zero-order valence-corrected chi connectivity index (χ0v) is 21.1. The van der Waals surface area contributed by atoms with Gasteiger partial charge in [0, 0.05) is 0 Å². The molecule has 0 N–H and O–H groups in total. The Morgan fingerprint density at radius 1 is 0.645 bits per heavy atom. The number of hydrogen-bond acceptors (Lipinski definition) is 6. The lowest BCUT2D eigenvalue weighted by molar-refractivity contribution is -0.929. The van der Waals surface area contributed by atoms with E-state index in [4.69, 9.17) is 0 Å². The average molecular weight is 480 g/mol. The van der Waals surface area contributed by atoms with Gasteiger partial charge in [0.15, 0.2) is 0 Å². The molecule has 0 unspecified atom stereocenters. The fourth-order valence-electron chi connectivity index (χ4n) is 3.51. The van der Waals surface area contributed by atoms with Gasteiger partial charge in [-0.3, -0.25) is 0 Å². The van der Waals surface area contributed by atoms with Crippen molar-refractivity contribution >= 4 is 20.2 Å².